The number of piperidine rings is 1. The Kier molecular flexibility index (Phi) is 5.55. The van der Waals surface area contributed by atoms with Crippen LogP contribution in [0.2, 0.25) is 0 Å². The fraction of sp³-hybridized carbons (Fsp3) is 0.529. The number of rotatable bonds is 4. The van der Waals surface area contributed by atoms with E-state index < -0.39 is 5.60 Å². The minimum atomic E-state index is -0.452. The maximum Gasteiger partial charge on any atom is 0.323 e. The van der Waals surface area contributed by atoms with Crippen LogP contribution in [0.5, 0.6) is 0 Å². The number of ether oxygens (including phenoxy) is 1. The van der Waals surface area contributed by atoms with E-state index in [0.717, 1.165) is 17.7 Å². The van der Waals surface area contributed by atoms with Crippen molar-refractivity contribution >= 4 is 11.7 Å². The third-order valence-electron chi connectivity index (χ3n) is 3.23. The summed E-state index contributed by atoms with van der Waals surface area (Å²) in [5.74, 6) is -0.197. The SMILES string of the molecule is CC(C)(C)OC(=O)[C@@H]1CCC(=NOCc2ccccc2)CN1. The van der Waals surface area contributed by atoms with Crippen molar-refractivity contribution in [3.05, 3.63) is 35.9 Å². The number of oxime groups is 1. The number of carbonyl (C=O) groups excluding carboxylic acids is 1. The van der Waals surface area contributed by atoms with Crippen molar-refractivity contribution in [1.29, 1.82) is 0 Å². The maximum absolute atomic E-state index is 12.0. The molecule has 1 atom stereocenters. The second kappa shape index (κ2) is 7.40. The Bertz CT molecular complexity index is 510. The van der Waals surface area contributed by atoms with Gasteiger partial charge < -0.3 is 9.57 Å². The van der Waals surface area contributed by atoms with Crippen LogP contribution in [-0.4, -0.2) is 29.9 Å². The van der Waals surface area contributed by atoms with E-state index in [1.54, 1.807) is 0 Å². The van der Waals surface area contributed by atoms with Crippen LogP contribution in [0.25, 0.3) is 0 Å². The van der Waals surface area contributed by atoms with Gasteiger partial charge in [0.15, 0.2) is 0 Å². The predicted molar refractivity (Wildman–Crippen MR) is 85.5 cm³/mol. The van der Waals surface area contributed by atoms with Gasteiger partial charge in [-0.05, 0) is 39.2 Å². The van der Waals surface area contributed by atoms with E-state index in [1.807, 2.05) is 51.1 Å². The van der Waals surface area contributed by atoms with Gasteiger partial charge in [0, 0.05) is 6.54 Å². The second-order valence-corrected chi connectivity index (χ2v) is 6.42. The second-order valence-electron chi connectivity index (χ2n) is 6.42. The Hall–Kier alpha value is -1.88. The summed E-state index contributed by atoms with van der Waals surface area (Å²) in [7, 11) is 0. The van der Waals surface area contributed by atoms with E-state index in [0.29, 0.717) is 19.6 Å². The van der Waals surface area contributed by atoms with Crippen molar-refractivity contribution in [2.24, 2.45) is 5.16 Å². The zero-order valence-corrected chi connectivity index (χ0v) is 13.5. The molecule has 1 fully saturated rings. The molecule has 0 amide bonds. The molecule has 5 heteroatoms. The van der Waals surface area contributed by atoms with Crippen LogP contribution < -0.4 is 5.32 Å². The van der Waals surface area contributed by atoms with E-state index in [2.05, 4.69) is 10.5 Å². The highest BCUT2D eigenvalue weighted by Crippen LogP contribution is 2.13. The topological polar surface area (TPSA) is 59.9 Å². The van der Waals surface area contributed by atoms with E-state index in [4.69, 9.17) is 9.57 Å². The van der Waals surface area contributed by atoms with Crippen molar-refractivity contribution in [2.75, 3.05) is 6.54 Å². The molecule has 0 radical (unpaired) electrons. The smallest absolute Gasteiger partial charge is 0.323 e. The Morgan fingerprint density at radius 2 is 2.05 bits per heavy atom. The van der Waals surface area contributed by atoms with E-state index >= 15 is 0 Å². The summed E-state index contributed by atoms with van der Waals surface area (Å²) in [6.45, 7) is 6.63. The van der Waals surface area contributed by atoms with Crippen LogP contribution in [0.4, 0.5) is 0 Å². The largest absolute Gasteiger partial charge is 0.459 e. The molecule has 2 rings (SSSR count). The molecule has 1 aromatic carbocycles. The molecule has 5 nitrogen and oxygen atoms in total. The number of carbonyl (C=O) groups is 1. The van der Waals surface area contributed by atoms with Crippen molar-refractivity contribution in [3.8, 4) is 0 Å². The molecule has 0 saturated carbocycles. The predicted octanol–water partition coefficient (Wildman–Crippen LogP) is 2.65. The monoisotopic (exact) mass is 304 g/mol. The Morgan fingerprint density at radius 3 is 2.64 bits per heavy atom. The fourth-order valence-electron chi connectivity index (χ4n) is 2.17. The zero-order valence-electron chi connectivity index (χ0n) is 13.5. The lowest BCUT2D eigenvalue weighted by Crippen LogP contribution is -2.46. The molecule has 1 aliphatic rings. The van der Waals surface area contributed by atoms with Crippen LogP contribution in [0.3, 0.4) is 0 Å². The van der Waals surface area contributed by atoms with Crippen LogP contribution >= 0.6 is 0 Å². The summed E-state index contributed by atoms with van der Waals surface area (Å²) >= 11 is 0. The molecule has 1 saturated heterocycles. The first-order chi connectivity index (χ1) is 10.4. The number of nitrogens with one attached hydrogen (secondary N) is 1. The molecule has 0 spiro atoms. The van der Waals surface area contributed by atoms with Crippen LogP contribution in [0.15, 0.2) is 35.5 Å². The summed E-state index contributed by atoms with van der Waals surface area (Å²) < 4.78 is 5.38. The maximum atomic E-state index is 12.0. The van der Waals surface area contributed by atoms with Gasteiger partial charge in [-0.3, -0.25) is 10.1 Å². The Balaban J connectivity index is 1.75. The average molecular weight is 304 g/mol. The van der Waals surface area contributed by atoms with E-state index in [-0.39, 0.29) is 12.0 Å². The first-order valence-corrected chi connectivity index (χ1v) is 7.62. The van der Waals surface area contributed by atoms with Crippen molar-refractivity contribution in [1.82, 2.24) is 5.32 Å². The van der Waals surface area contributed by atoms with Crippen molar-refractivity contribution in [2.45, 2.75) is 51.9 Å². The third-order valence-corrected chi connectivity index (χ3v) is 3.23. The van der Waals surface area contributed by atoms with Gasteiger partial charge in [0.2, 0.25) is 0 Å². The zero-order chi connectivity index (χ0) is 16.0. The average Bonchev–Trinajstić information content (AvgIpc) is 2.47. The van der Waals surface area contributed by atoms with Crippen molar-refractivity contribution in [3.63, 3.8) is 0 Å². The highest BCUT2D eigenvalue weighted by molar-refractivity contribution is 5.89. The highest BCUT2D eigenvalue weighted by atomic mass is 16.6. The molecule has 1 heterocycles. The summed E-state index contributed by atoms with van der Waals surface area (Å²) in [5.41, 5.74) is 1.56. The molecule has 0 unspecified atom stereocenters. The van der Waals surface area contributed by atoms with Gasteiger partial charge in [-0.1, -0.05) is 35.5 Å². The first kappa shape index (κ1) is 16.5. The normalized spacial score (nSPS) is 20.7. The molecule has 22 heavy (non-hydrogen) atoms. The molecule has 1 N–H and O–H groups in total. The molecule has 0 aromatic heterocycles. The van der Waals surface area contributed by atoms with Gasteiger partial charge >= 0.3 is 5.97 Å². The van der Waals surface area contributed by atoms with Crippen LogP contribution in [0, 0.1) is 0 Å². The van der Waals surface area contributed by atoms with Gasteiger partial charge in [-0.2, -0.15) is 0 Å². The minimum absolute atomic E-state index is 0.197. The summed E-state index contributed by atoms with van der Waals surface area (Å²) in [4.78, 5) is 17.3. The molecular formula is C17H24N2O3. The quantitative estimate of drug-likeness (QED) is 0.686. The standard InChI is InChI=1S/C17H24N2O3/c1-17(2,3)22-16(20)15-10-9-14(11-18-15)19-21-12-13-7-5-4-6-8-13/h4-8,15,18H,9-12H2,1-3H3/t15-/m0/s1. The number of benzene rings is 1. The third kappa shape index (κ3) is 5.48. The Morgan fingerprint density at radius 1 is 1.32 bits per heavy atom. The lowest BCUT2D eigenvalue weighted by molar-refractivity contribution is -0.157. The van der Waals surface area contributed by atoms with Gasteiger partial charge in [-0.15, -0.1) is 0 Å². The first-order valence-electron chi connectivity index (χ1n) is 7.62. The van der Waals surface area contributed by atoms with Gasteiger partial charge in [0.25, 0.3) is 0 Å². The number of esters is 1. The fourth-order valence-corrected chi connectivity index (χ4v) is 2.17. The highest BCUT2D eigenvalue weighted by Gasteiger charge is 2.28. The molecule has 120 valence electrons. The summed E-state index contributed by atoms with van der Waals surface area (Å²) in [5, 5.41) is 7.30. The Labute approximate surface area is 131 Å². The molecule has 0 bridgehead atoms. The molecule has 1 aromatic rings. The molecule has 0 aliphatic carbocycles. The van der Waals surface area contributed by atoms with Gasteiger partial charge in [-0.25, -0.2) is 0 Å². The molecule has 1 aliphatic heterocycles. The van der Waals surface area contributed by atoms with Gasteiger partial charge in [0.05, 0.1) is 5.71 Å². The minimum Gasteiger partial charge on any atom is -0.459 e. The molecular weight excluding hydrogens is 280 g/mol. The summed E-state index contributed by atoms with van der Waals surface area (Å²) in [6, 6.07) is 9.65. The van der Waals surface area contributed by atoms with Crippen LogP contribution in [-0.2, 0) is 21.0 Å². The van der Waals surface area contributed by atoms with Crippen molar-refractivity contribution < 1.29 is 14.4 Å². The lowest BCUT2D eigenvalue weighted by atomic mass is 10.0. The number of hydrogen-bond donors (Lipinski definition) is 1. The summed E-state index contributed by atoms with van der Waals surface area (Å²) in [6.07, 6.45) is 1.42. The van der Waals surface area contributed by atoms with Crippen LogP contribution in [0.1, 0.15) is 39.2 Å². The number of hydrogen-bond acceptors (Lipinski definition) is 5. The lowest BCUT2D eigenvalue weighted by Gasteiger charge is -2.27. The van der Waals surface area contributed by atoms with E-state index in [9.17, 15) is 4.79 Å². The number of nitrogens with zero attached hydrogens (tertiary/aromatic N) is 1. The van der Waals surface area contributed by atoms with Gasteiger partial charge in [0.1, 0.15) is 18.2 Å². The van der Waals surface area contributed by atoms with E-state index in [1.165, 1.54) is 0 Å².